The number of hydrogen-bond donors (Lipinski definition) is 1. The Hall–Kier alpha value is -1.97. The van der Waals surface area contributed by atoms with Gasteiger partial charge in [0.15, 0.2) is 9.84 Å². The first-order valence-electron chi connectivity index (χ1n) is 8.62. The summed E-state index contributed by atoms with van der Waals surface area (Å²) in [5.41, 5.74) is 0.861. The zero-order chi connectivity index (χ0) is 21.2. The largest absolute Gasteiger partial charge is 0.348 e. The molecule has 1 saturated heterocycles. The van der Waals surface area contributed by atoms with Gasteiger partial charge in [-0.25, -0.2) is 12.8 Å². The Morgan fingerprint density at radius 2 is 1.90 bits per heavy atom. The van der Waals surface area contributed by atoms with Gasteiger partial charge in [-0.15, -0.1) is 0 Å². The molecule has 1 atom stereocenters. The lowest BCUT2D eigenvalue weighted by molar-refractivity contribution is -0.129. The molecule has 0 aliphatic carbocycles. The number of rotatable bonds is 4. The molecule has 0 radical (unpaired) electrons. The first-order valence-corrected chi connectivity index (χ1v) is 11.4. The quantitative estimate of drug-likeness (QED) is 0.695. The molecule has 2 aromatic carbocycles. The Labute approximate surface area is 181 Å². The number of nitrogens with zero attached hydrogens (tertiary/aromatic N) is 1. The predicted octanol–water partition coefficient (Wildman–Crippen LogP) is 2.96. The maximum atomic E-state index is 15.5. The molecule has 0 spiro atoms. The average Bonchev–Trinajstić information content (AvgIpc) is 2.70. The summed E-state index contributed by atoms with van der Waals surface area (Å²) < 4.78 is 40.8. The molecule has 6 nitrogen and oxygen atoms in total. The van der Waals surface area contributed by atoms with Crippen LogP contribution in [0.5, 0.6) is 0 Å². The van der Waals surface area contributed by atoms with Crippen LogP contribution in [-0.4, -0.2) is 49.0 Å². The number of amides is 2. The molecule has 154 valence electrons. The second kappa shape index (κ2) is 8.41. The van der Waals surface area contributed by atoms with Crippen LogP contribution in [0.2, 0.25) is 5.02 Å². The van der Waals surface area contributed by atoms with Crippen LogP contribution in [0.25, 0.3) is 0 Å². The summed E-state index contributed by atoms with van der Waals surface area (Å²) in [5, 5.41) is -0.620. The van der Waals surface area contributed by atoms with E-state index in [0.717, 1.165) is 4.90 Å². The summed E-state index contributed by atoms with van der Waals surface area (Å²) in [6.07, 6.45) is 0. The molecule has 2 aromatic rings. The SMILES string of the molecule is O=C(c1ccc(Br)c(Cl)c1)N1CCS(=O)(=O)[C@@](F)(C(=O)NCc2ccccc2)C1. The van der Waals surface area contributed by atoms with Crippen molar-refractivity contribution in [3.63, 3.8) is 0 Å². The van der Waals surface area contributed by atoms with Gasteiger partial charge >= 0.3 is 5.00 Å². The van der Waals surface area contributed by atoms with Crippen molar-refractivity contribution in [1.82, 2.24) is 10.2 Å². The molecule has 29 heavy (non-hydrogen) atoms. The Bertz CT molecular complexity index is 1050. The third-order valence-corrected chi connectivity index (χ3v) is 7.86. The number of carbonyl (C=O) groups excluding carboxylic acids is 2. The van der Waals surface area contributed by atoms with Gasteiger partial charge in [-0.1, -0.05) is 41.9 Å². The molecule has 1 heterocycles. The fourth-order valence-electron chi connectivity index (χ4n) is 2.92. The van der Waals surface area contributed by atoms with E-state index in [4.69, 9.17) is 11.6 Å². The predicted molar refractivity (Wildman–Crippen MR) is 111 cm³/mol. The smallest absolute Gasteiger partial charge is 0.304 e. The Morgan fingerprint density at radius 1 is 1.21 bits per heavy atom. The molecule has 0 aromatic heterocycles. The Kier molecular flexibility index (Phi) is 6.30. The van der Waals surface area contributed by atoms with E-state index in [9.17, 15) is 18.0 Å². The highest BCUT2D eigenvalue weighted by atomic mass is 79.9. The van der Waals surface area contributed by atoms with E-state index in [0.29, 0.717) is 10.0 Å². The number of benzene rings is 2. The first-order chi connectivity index (χ1) is 13.6. The molecule has 1 fully saturated rings. The fourth-order valence-corrected chi connectivity index (χ4v) is 4.84. The van der Waals surface area contributed by atoms with Crippen LogP contribution in [0.15, 0.2) is 53.0 Å². The molecule has 3 rings (SSSR count). The van der Waals surface area contributed by atoms with Crippen molar-refractivity contribution in [3.8, 4) is 0 Å². The zero-order valence-electron chi connectivity index (χ0n) is 15.1. The number of carbonyl (C=O) groups is 2. The maximum Gasteiger partial charge on any atom is 0.304 e. The van der Waals surface area contributed by atoms with Crippen LogP contribution < -0.4 is 5.32 Å². The molecular weight excluding hydrogens is 487 g/mol. The maximum absolute atomic E-state index is 15.5. The van der Waals surface area contributed by atoms with Crippen molar-refractivity contribution in [1.29, 1.82) is 0 Å². The number of halogens is 3. The van der Waals surface area contributed by atoms with Gasteiger partial charge in [0.1, 0.15) is 0 Å². The normalized spacial score (nSPS) is 20.9. The number of sulfone groups is 1. The highest BCUT2D eigenvalue weighted by molar-refractivity contribution is 9.10. The van der Waals surface area contributed by atoms with E-state index in [1.807, 2.05) is 0 Å². The minimum absolute atomic E-state index is 0.0306. The van der Waals surface area contributed by atoms with Crippen molar-refractivity contribution >= 4 is 49.2 Å². The van der Waals surface area contributed by atoms with Crippen LogP contribution >= 0.6 is 27.5 Å². The molecule has 0 unspecified atom stereocenters. The minimum atomic E-state index is -4.40. The van der Waals surface area contributed by atoms with Gasteiger partial charge in [0, 0.05) is 23.1 Å². The van der Waals surface area contributed by atoms with Crippen molar-refractivity contribution in [2.75, 3.05) is 18.8 Å². The van der Waals surface area contributed by atoms with Crippen molar-refractivity contribution in [2.45, 2.75) is 11.5 Å². The van der Waals surface area contributed by atoms with Crippen molar-refractivity contribution in [3.05, 3.63) is 69.2 Å². The highest BCUT2D eigenvalue weighted by Gasteiger charge is 2.55. The van der Waals surface area contributed by atoms with E-state index in [1.54, 1.807) is 36.4 Å². The third-order valence-electron chi connectivity index (χ3n) is 4.61. The lowest BCUT2D eigenvalue weighted by Crippen LogP contribution is -2.62. The standard InChI is InChI=1S/C19H17BrClFN2O4S/c20-15-7-6-14(10-16(15)21)17(25)24-8-9-29(27,28)19(22,12-24)18(26)23-11-13-4-2-1-3-5-13/h1-7,10H,8-9,11-12H2,(H,23,26)/t19-/m1/s1. The number of alkyl halides is 1. The van der Waals surface area contributed by atoms with Gasteiger partial charge in [0.05, 0.1) is 17.3 Å². The third kappa shape index (κ3) is 4.46. The van der Waals surface area contributed by atoms with Gasteiger partial charge in [0.25, 0.3) is 11.8 Å². The summed E-state index contributed by atoms with van der Waals surface area (Å²) in [7, 11) is -4.40. The second-order valence-corrected chi connectivity index (χ2v) is 10.1. The van der Waals surface area contributed by atoms with E-state index < -0.39 is 39.0 Å². The van der Waals surface area contributed by atoms with E-state index in [2.05, 4.69) is 21.2 Å². The summed E-state index contributed by atoms with van der Waals surface area (Å²) in [6.45, 7) is -1.13. The molecular formula is C19H17BrClFN2O4S. The summed E-state index contributed by atoms with van der Waals surface area (Å²) in [6, 6.07) is 13.1. The van der Waals surface area contributed by atoms with Crippen molar-refractivity contribution < 1.29 is 22.4 Å². The summed E-state index contributed by atoms with van der Waals surface area (Å²) in [4.78, 5) is 26.2. The summed E-state index contributed by atoms with van der Waals surface area (Å²) in [5.74, 6) is -2.54. The molecule has 1 aliphatic rings. The monoisotopic (exact) mass is 502 g/mol. The highest BCUT2D eigenvalue weighted by Crippen LogP contribution is 2.29. The van der Waals surface area contributed by atoms with Crippen LogP contribution in [0.3, 0.4) is 0 Å². The second-order valence-electron chi connectivity index (χ2n) is 6.57. The molecule has 10 heteroatoms. The average molecular weight is 504 g/mol. The van der Waals surface area contributed by atoms with Crippen LogP contribution in [0.4, 0.5) is 4.39 Å². The lowest BCUT2D eigenvalue weighted by Gasteiger charge is -2.36. The molecule has 1 aliphatic heterocycles. The molecule has 0 saturated carbocycles. The van der Waals surface area contributed by atoms with Gasteiger partial charge in [0.2, 0.25) is 0 Å². The molecule has 0 bridgehead atoms. The fraction of sp³-hybridized carbons (Fsp3) is 0.263. The van der Waals surface area contributed by atoms with Crippen LogP contribution in [0, 0.1) is 0 Å². The van der Waals surface area contributed by atoms with E-state index in [1.165, 1.54) is 12.1 Å². The summed E-state index contributed by atoms with van der Waals surface area (Å²) >= 11 is 9.21. The minimum Gasteiger partial charge on any atom is -0.348 e. The van der Waals surface area contributed by atoms with Gasteiger partial charge in [-0.2, -0.15) is 0 Å². The van der Waals surface area contributed by atoms with Gasteiger partial charge in [-0.3, -0.25) is 9.59 Å². The van der Waals surface area contributed by atoms with Gasteiger partial charge in [-0.05, 0) is 39.7 Å². The number of nitrogens with one attached hydrogen (secondary N) is 1. The topological polar surface area (TPSA) is 83.6 Å². The van der Waals surface area contributed by atoms with Crippen LogP contribution in [-0.2, 0) is 21.2 Å². The first kappa shape index (κ1) is 21.7. The Balaban J connectivity index is 1.79. The molecule has 1 N–H and O–H groups in total. The van der Waals surface area contributed by atoms with E-state index >= 15 is 4.39 Å². The van der Waals surface area contributed by atoms with E-state index in [-0.39, 0.29) is 23.7 Å². The molecule has 2 amide bonds. The number of hydrogen-bond acceptors (Lipinski definition) is 4. The lowest BCUT2D eigenvalue weighted by atomic mass is 10.1. The van der Waals surface area contributed by atoms with Gasteiger partial charge < -0.3 is 10.2 Å². The zero-order valence-corrected chi connectivity index (χ0v) is 18.2. The van der Waals surface area contributed by atoms with Crippen LogP contribution in [0.1, 0.15) is 15.9 Å². The van der Waals surface area contributed by atoms with Crippen molar-refractivity contribution in [2.24, 2.45) is 0 Å². The Morgan fingerprint density at radius 3 is 2.55 bits per heavy atom.